The summed E-state index contributed by atoms with van der Waals surface area (Å²) in [5, 5.41) is 0.149. The van der Waals surface area contributed by atoms with Crippen molar-refractivity contribution >= 4 is 17.4 Å². The van der Waals surface area contributed by atoms with Crippen LogP contribution in [0.15, 0.2) is 30.3 Å². The van der Waals surface area contributed by atoms with E-state index in [0.29, 0.717) is 11.8 Å². The van der Waals surface area contributed by atoms with Gasteiger partial charge in [-0.1, -0.05) is 11.6 Å². The number of benzene rings is 2. The van der Waals surface area contributed by atoms with Crippen molar-refractivity contribution in [1.82, 2.24) is 0 Å². The molecule has 0 N–H and O–H groups in total. The van der Waals surface area contributed by atoms with Gasteiger partial charge in [-0.25, -0.2) is 8.78 Å². The fourth-order valence-electron chi connectivity index (χ4n) is 1.78. The summed E-state index contributed by atoms with van der Waals surface area (Å²) < 4.78 is 31.9. The van der Waals surface area contributed by atoms with Gasteiger partial charge in [0.05, 0.1) is 17.7 Å². The molecule has 0 atom stereocenters. The third-order valence-electron chi connectivity index (χ3n) is 2.91. The maximum absolute atomic E-state index is 13.7. The molecule has 0 unspecified atom stereocenters. The molecule has 20 heavy (non-hydrogen) atoms. The Labute approximate surface area is 119 Å². The maximum atomic E-state index is 13.7. The highest BCUT2D eigenvalue weighted by Gasteiger charge is 2.19. The van der Waals surface area contributed by atoms with E-state index in [4.69, 9.17) is 16.3 Å². The average Bonchev–Trinajstić information content (AvgIpc) is 2.42. The van der Waals surface area contributed by atoms with E-state index in [-0.39, 0.29) is 21.7 Å². The van der Waals surface area contributed by atoms with Gasteiger partial charge in [0, 0.05) is 11.6 Å². The molecule has 2 rings (SSSR count). The predicted octanol–water partition coefficient (Wildman–Crippen LogP) is 4.17. The second-order valence-electron chi connectivity index (χ2n) is 4.26. The number of hydrogen-bond donors (Lipinski definition) is 0. The van der Waals surface area contributed by atoms with Gasteiger partial charge in [0.15, 0.2) is 5.78 Å². The summed E-state index contributed by atoms with van der Waals surface area (Å²) in [4.78, 5) is 12.3. The zero-order chi connectivity index (χ0) is 14.9. The van der Waals surface area contributed by atoms with E-state index in [0.717, 1.165) is 0 Å². The van der Waals surface area contributed by atoms with Gasteiger partial charge in [0.1, 0.15) is 17.4 Å². The number of carbonyl (C=O) groups is 1. The Kier molecular flexibility index (Phi) is 4.04. The highest BCUT2D eigenvalue weighted by molar-refractivity contribution is 6.35. The Balaban J connectivity index is 2.49. The van der Waals surface area contributed by atoms with E-state index in [1.165, 1.54) is 32.2 Å². The standard InChI is InChI=1S/C15H11ClF2O2/c1-8-5-11(14(18)7-13(8)17)15(19)10-4-3-9(20-2)6-12(10)16/h3-7H,1-2H3. The number of hydrogen-bond acceptors (Lipinski definition) is 2. The molecule has 0 fully saturated rings. The van der Waals surface area contributed by atoms with Crippen molar-refractivity contribution in [2.24, 2.45) is 0 Å². The van der Waals surface area contributed by atoms with Crippen LogP contribution in [0.4, 0.5) is 8.78 Å². The van der Waals surface area contributed by atoms with Crippen LogP contribution in [0.5, 0.6) is 5.75 Å². The SMILES string of the molecule is COc1ccc(C(=O)c2cc(C)c(F)cc2F)c(Cl)c1. The minimum absolute atomic E-state index is 0.136. The van der Waals surface area contributed by atoms with Gasteiger partial charge in [0.2, 0.25) is 0 Å². The van der Waals surface area contributed by atoms with Crippen LogP contribution in [0.2, 0.25) is 5.02 Å². The Bertz CT molecular complexity index is 684. The van der Waals surface area contributed by atoms with E-state index in [1.807, 2.05) is 0 Å². The lowest BCUT2D eigenvalue weighted by Gasteiger charge is -2.08. The molecule has 0 aliphatic carbocycles. The largest absolute Gasteiger partial charge is 0.497 e. The van der Waals surface area contributed by atoms with Crippen LogP contribution in [-0.4, -0.2) is 12.9 Å². The summed E-state index contributed by atoms with van der Waals surface area (Å²) in [5.41, 5.74) is 0.118. The first kappa shape index (κ1) is 14.5. The maximum Gasteiger partial charge on any atom is 0.197 e. The van der Waals surface area contributed by atoms with Crippen LogP contribution >= 0.6 is 11.6 Å². The van der Waals surface area contributed by atoms with Gasteiger partial charge in [-0.05, 0) is 36.8 Å². The fraction of sp³-hybridized carbons (Fsp3) is 0.133. The van der Waals surface area contributed by atoms with Gasteiger partial charge in [-0.3, -0.25) is 4.79 Å². The zero-order valence-corrected chi connectivity index (χ0v) is 11.6. The van der Waals surface area contributed by atoms with Crippen molar-refractivity contribution in [2.45, 2.75) is 6.92 Å². The van der Waals surface area contributed by atoms with E-state index in [1.54, 1.807) is 6.07 Å². The Morgan fingerprint density at radius 2 is 1.80 bits per heavy atom. The number of halogens is 3. The first-order chi connectivity index (χ1) is 9.43. The molecule has 0 spiro atoms. The number of rotatable bonds is 3. The first-order valence-corrected chi connectivity index (χ1v) is 6.15. The van der Waals surface area contributed by atoms with Crippen LogP contribution in [0.25, 0.3) is 0 Å². The lowest BCUT2D eigenvalue weighted by atomic mass is 10.0. The first-order valence-electron chi connectivity index (χ1n) is 5.78. The lowest BCUT2D eigenvalue weighted by molar-refractivity contribution is 0.103. The molecular formula is C15H11ClF2O2. The van der Waals surface area contributed by atoms with Gasteiger partial charge in [-0.2, -0.15) is 0 Å². The lowest BCUT2D eigenvalue weighted by Crippen LogP contribution is -2.06. The molecule has 2 nitrogen and oxygen atoms in total. The van der Waals surface area contributed by atoms with Crippen molar-refractivity contribution in [3.05, 3.63) is 63.7 Å². The fourth-order valence-corrected chi connectivity index (χ4v) is 2.04. The number of ketones is 1. The van der Waals surface area contributed by atoms with Gasteiger partial charge in [-0.15, -0.1) is 0 Å². The second-order valence-corrected chi connectivity index (χ2v) is 4.66. The summed E-state index contributed by atoms with van der Waals surface area (Å²) in [6, 6.07) is 6.33. The van der Waals surface area contributed by atoms with Crippen LogP contribution in [-0.2, 0) is 0 Å². The highest BCUT2D eigenvalue weighted by atomic mass is 35.5. The van der Waals surface area contributed by atoms with Crippen LogP contribution in [0.1, 0.15) is 21.5 Å². The van der Waals surface area contributed by atoms with Crippen molar-refractivity contribution in [1.29, 1.82) is 0 Å². The molecule has 0 aliphatic rings. The summed E-state index contributed by atoms with van der Waals surface area (Å²) in [6.45, 7) is 1.46. The van der Waals surface area contributed by atoms with Crippen LogP contribution < -0.4 is 4.74 Å². The van der Waals surface area contributed by atoms with Crippen molar-refractivity contribution in [3.8, 4) is 5.75 Å². The monoisotopic (exact) mass is 296 g/mol. The third-order valence-corrected chi connectivity index (χ3v) is 3.23. The third kappa shape index (κ3) is 2.65. The summed E-state index contributed by atoms with van der Waals surface area (Å²) in [7, 11) is 1.47. The van der Waals surface area contributed by atoms with Crippen LogP contribution in [0.3, 0.4) is 0 Å². The van der Waals surface area contributed by atoms with E-state index in [2.05, 4.69) is 0 Å². The van der Waals surface area contributed by atoms with Crippen LogP contribution in [0, 0.1) is 18.6 Å². The summed E-state index contributed by atoms with van der Waals surface area (Å²) in [6.07, 6.45) is 0. The van der Waals surface area contributed by atoms with E-state index >= 15 is 0 Å². The minimum Gasteiger partial charge on any atom is -0.497 e. The predicted molar refractivity (Wildman–Crippen MR) is 72.5 cm³/mol. The Morgan fingerprint density at radius 1 is 1.10 bits per heavy atom. The number of ether oxygens (including phenoxy) is 1. The summed E-state index contributed by atoms with van der Waals surface area (Å²) >= 11 is 5.98. The zero-order valence-electron chi connectivity index (χ0n) is 10.8. The second kappa shape index (κ2) is 5.59. The molecule has 2 aromatic rings. The van der Waals surface area contributed by atoms with E-state index in [9.17, 15) is 13.6 Å². The molecule has 2 aromatic carbocycles. The highest BCUT2D eigenvalue weighted by Crippen LogP contribution is 2.26. The molecule has 5 heteroatoms. The number of carbonyl (C=O) groups excluding carboxylic acids is 1. The molecule has 0 saturated heterocycles. The number of aryl methyl sites for hydroxylation is 1. The Morgan fingerprint density at radius 3 is 2.40 bits per heavy atom. The molecule has 0 saturated carbocycles. The van der Waals surface area contributed by atoms with Crippen molar-refractivity contribution in [2.75, 3.05) is 7.11 Å². The molecule has 0 heterocycles. The quantitative estimate of drug-likeness (QED) is 0.795. The molecule has 0 amide bonds. The topological polar surface area (TPSA) is 26.3 Å². The number of methoxy groups -OCH3 is 1. The Hall–Kier alpha value is -1.94. The smallest absolute Gasteiger partial charge is 0.197 e. The molecule has 104 valence electrons. The molecular weight excluding hydrogens is 286 g/mol. The molecule has 0 radical (unpaired) electrons. The molecule has 0 bridgehead atoms. The van der Waals surface area contributed by atoms with Crippen molar-refractivity contribution < 1.29 is 18.3 Å². The molecule has 0 aromatic heterocycles. The normalized spacial score (nSPS) is 10.4. The van der Waals surface area contributed by atoms with Gasteiger partial charge < -0.3 is 4.74 Å². The van der Waals surface area contributed by atoms with Gasteiger partial charge >= 0.3 is 0 Å². The van der Waals surface area contributed by atoms with Gasteiger partial charge in [0.25, 0.3) is 0 Å². The molecule has 0 aliphatic heterocycles. The minimum atomic E-state index is -0.912. The average molecular weight is 297 g/mol. The van der Waals surface area contributed by atoms with Crippen molar-refractivity contribution in [3.63, 3.8) is 0 Å². The van der Waals surface area contributed by atoms with E-state index < -0.39 is 17.4 Å². The summed E-state index contributed by atoms with van der Waals surface area (Å²) in [5.74, 6) is -1.72.